The van der Waals surface area contributed by atoms with E-state index in [0.717, 1.165) is 60.8 Å². The predicted octanol–water partition coefficient (Wildman–Crippen LogP) is 6.29. The van der Waals surface area contributed by atoms with E-state index in [0.29, 0.717) is 18.0 Å². The van der Waals surface area contributed by atoms with Crippen molar-refractivity contribution in [3.8, 4) is 0 Å². The number of anilines is 1. The van der Waals surface area contributed by atoms with Crippen molar-refractivity contribution in [1.82, 2.24) is 4.90 Å². The molecule has 0 spiro atoms. The minimum Gasteiger partial charge on any atom is -0.384 e. The highest BCUT2D eigenvalue weighted by molar-refractivity contribution is 7.99. The number of rotatable bonds is 5. The van der Waals surface area contributed by atoms with Crippen LogP contribution in [0.15, 0.2) is 46.2 Å². The second-order valence-electron chi connectivity index (χ2n) is 8.07. The first kappa shape index (κ1) is 20.6. The van der Waals surface area contributed by atoms with Gasteiger partial charge in [0.25, 0.3) is 0 Å². The van der Waals surface area contributed by atoms with Crippen LogP contribution in [0.5, 0.6) is 0 Å². The molecule has 2 aromatic carbocycles. The van der Waals surface area contributed by atoms with Gasteiger partial charge in [0, 0.05) is 35.0 Å². The van der Waals surface area contributed by atoms with Crippen LogP contribution in [0.4, 0.5) is 18.9 Å². The summed E-state index contributed by atoms with van der Waals surface area (Å²) in [4.78, 5) is 4.24. The highest BCUT2D eigenvalue weighted by Gasteiger charge is 2.33. The second-order valence-corrected chi connectivity index (χ2v) is 9.16. The van der Waals surface area contributed by atoms with Gasteiger partial charge in [-0.3, -0.25) is 0 Å². The smallest absolute Gasteiger partial charge is 0.384 e. The van der Waals surface area contributed by atoms with E-state index in [2.05, 4.69) is 23.2 Å². The second kappa shape index (κ2) is 8.60. The van der Waals surface area contributed by atoms with E-state index in [4.69, 9.17) is 0 Å². The molecular weight excluding hydrogens is 393 g/mol. The molecule has 6 heteroatoms. The molecule has 2 aromatic rings. The predicted molar refractivity (Wildman–Crippen MR) is 113 cm³/mol. The molecule has 29 heavy (non-hydrogen) atoms. The maximum atomic E-state index is 13.5. The Labute approximate surface area is 174 Å². The number of hydrogen-bond acceptors (Lipinski definition) is 3. The highest BCUT2D eigenvalue weighted by atomic mass is 32.2. The van der Waals surface area contributed by atoms with Crippen molar-refractivity contribution in [1.29, 1.82) is 0 Å². The zero-order valence-electron chi connectivity index (χ0n) is 16.7. The quantitative estimate of drug-likeness (QED) is 0.522. The van der Waals surface area contributed by atoms with Crippen LogP contribution in [0.25, 0.3) is 0 Å². The Morgan fingerprint density at radius 3 is 2.79 bits per heavy atom. The Balaban J connectivity index is 1.57. The summed E-state index contributed by atoms with van der Waals surface area (Å²) in [6, 6.07) is 10.6. The van der Waals surface area contributed by atoms with Crippen LogP contribution in [-0.4, -0.2) is 31.1 Å². The van der Waals surface area contributed by atoms with E-state index in [1.165, 1.54) is 29.5 Å². The lowest BCUT2D eigenvalue weighted by molar-refractivity contribution is -0.137. The Morgan fingerprint density at radius 2 is 2.00 bits per heavy atom. The summed E-state index contributed by atoms with van der Waals surface area (Å²) < 4.78 is 40.6. The van der Waals surface area contributed by atoms with Crippen molar-refractivity contribution in [3.63, 3.8) is 0 Å². The average molecular weight is 421 g/mol. The van der Waals surface area contributed by atoms with Crippen LogP contribution >= 0.6 is 11.8 Å². The van der Waals surface area contributed by atoms with Gasteiger partial charge in [-0.2, -0.15) is 13.2 Å². The number of alkyl halides is 3. The molecule has 156 valence electrons. The average Bonchev–Trinajstić information content (AvgIpc) is 2.70. The van der Waals surface area contributed by atoms with E-state index in [1.807, 2.05) is 18.2 Å². The minimum absolute atomic E-state index is 0.476. The van der Waals surface area contributed by atoms with Crippen LogP contribution in [0, 0.1) is 5.92 Å². The summed E-state index contributed by atoms with van der Waals surface area (Å²) in [5.74, 6) is 0.476. The number of piperidine rings is 1. The molecule has 2 heterocycles. The summed E-state index contributed by atoms with van der Waals surface area (Å²) in [6.07, 6.45) is -0.239. The van der Waals surface area contributed by atoms with Gasteiger partial charge in [0.05, 0.1) is 5.56 Å². The largest absolute Gasteiger partial charge is 0.416 e. The normalized spacial score (nSPS) is 19.5. The maximum Gasteiger partial charge on any atom is 0.416 e. The zero-order chi connectivity index (χ0) is 20.4. The Kier molecular flexibility index (Phi) is 6.11. The van der Waals surface area contributed by atoms with Crippen molar-refractivity contribution in [2.75, 3.05) is 31.5 Å². The summed E-state index contributed by atoms with van der Waals surface area (Å²) in [5, 5.41) is 3.41. The third-order valence-corrected chi connectivity index (χ3v) is 7.02. The molecule has 1 fully saturated rings. The minimum atomic E-state index is -4.34. The maximum absolute atomic E-state index is 13.5. The molecule has 4 rings (SSSR count). The van der Waals surface area contributed by atoms with Crippen molar-refractivity contribution in [2.45, 2.75) is 48.6 Å². The van der Waals surface area contributed by atoms with Crippen LogP contribution in [0.1, 0.15) is 42.9 Å². The van der Waals surface area contributed by atoms with Crippen molar-refractivity contribution in [3.05, 3.63) is 53.1 Å². The van der Waals surface area contributed by atoms with Gasteiger partial charge in [0.1, 0.15) is 0 Å². The molecule has 2 nitrogen and oxygen atoms in total. The van der Waals surface area contributed by atoms with Crippen molar-refractivity contribution in [2.24, 2.45) is 5.92 Å². The summed E-state index contributed by atoms with van der Waals surface area (Å²) >= 11 is 1.45. The van der Waals surface area contributed by atoms with Gasteiger partial charge in [-0.25, -0.2) is 0 Å². The fraction of sp³-hybridized carbons (Fsp3) is 0.478. The highest BCUT2D eigenvalue weighted by Crippen LogP contribution is 2.45. The molecule has 0 aliphatic carbocycles. The van der Waals surface area contributed by atoms with Gasteiger partial charge in [-0.1, -0.05) is 36.9 Å². The molecule has 0 amide bonds. The summed E-state index contributed by atoms with van der Waals surface area (Å²) in [5.41, 5.74) is 2.24. The van der Waals surface area contributed by atoms with E-state index in [-0.39, 0.29) is 0 Å². The summed E-state index contributed by atoms with van der Waals surface area (Å²) in [7, 11) is 0. The van der Waals surface area contributed by atoms with Gasteiger partial charge in [0.15, 0.2) is 0 Å². The summed E-state index contributed by atoms with van der Waals surface area (Å²) in [6.45, 7) is 6.17. The molecule has 1 atom stereocenters. The number of nitrogens with one attached hydrogen (secondary N) is 1. The standard InChI is InChI=1S/C23H27F3N2S/c1-2-9-28-10-5-6-16(15-28)14-27-20-12-18(23(24,25)26)13-22-19(20)11-17-7-3-4-8-21(17)29-22/h3-4,7-8,12-13,16,27H,2,5-6,9-11,14-15H2,1H3. The topological polar surface area (TPSA) is 15.3 Å². The van der Waals surface area contributed by atoms with Crippen LogP contribution in [0.2, 0.25) is 0 Å². The van der Waals surface area contributed by atoms with Gasteiger partial charge in [-0.15, -0.1) is 0 Å². The number of likely N-dealkylation sites (tertiary alicyclic amines) is 1. The SMILES string of the molecule is CCCN1CCCC(CNc2cc(C(F)(F)F)cc3c2Cc2ccccc2S3)C1. The molecule has 1 unspecified atom stereocenters. The third-order valence-electron chi connectivity index (χ3n) is 5.82. The Morgan fingerprint density at radius 1 is 1.17 bits per heavy atom. The zero-order valence-corrected chi connectivity index (χ0v) is 17.5. The number of fused-ring (bicyclic) bond motifs is 2. The Hall–Kier alpha value is -1.66. The molecular formula is C23H27F3N2S. The molecule has 2 aliphatic rings. The van der Waals surface area contributed by atoms with Gasteiger partial charge in [0.2, 0.25) is 0 Å². The van der Waals surface area contributed by atoms with E-state index in [9.17, 15) is 13.2 Å². The third kappa shape index (κ3) is 4.75. The molecule has 0 bridgehead atoms. The first-order valence-electron chi connectivity index (χ1n) is 10.4. The van der Waals surface area contributed by atoms with E-state index in [1.54, 1.807) is 0 Å². The van der Waals surface area contributed by atoms with Gasteiger partial charge in [-0.05, 0) is 67.6 Å². The molecule has 1 N–H and O–H groups in total. The lowest BCUT2D eigenvalue weighted by Gasteiger charge is -2.33. The number of benzene rings is 2. The number of hydrogen-bond donors (Lipinski definition) is 1. The lowest BCUT2D eigenvalue weighted by atomic mass is 9.96. The van der Waals surface area contributed by atoms with Gasteiger partial charge >= 0.3 is 6.18 Å². The van der Waals surface area contributed by atoms with Crippen LogP contribution in [0.3, 0.4) is 0 Å². The number of nitrogens with zero attached hydrogens (tertiary/aromatic N) is 1. The fourth-order valence-electron chi connectivity index (χ4n) is 4.39. The number of halogens is 3. The van der Waals surface area contributed by atoms with Crippen LogP contribution < -0.4 is 5.32 Å². The molecule has 0 aromatic heterocycles. The Bertz CT molecular complexity index is 864. The lowest BCUT2D eigenvalue weighted by Crippen LogP contribution is -2.38. The first-order chi connectivity index (χ1) is 13.9. The van der Waals surface area contributed by atoms with Gasteiger partial charge < -0.3 is 10.2 Å². The monoisotopic (exact) mass is 420 g/mol. The van der Waals surface area contributed by atoms with E-state index >= 15 is 0 Å². The van der Waals surface area contributed by atoms with E-state index < -0.39 is 11.7 Å². The van der Waals surface area contributed by atoms with Crippen molar-refractivity contribution < 1.29 is 13.2 Å². The van der Waals surface area contributed by atoms with Crippen molar-refractivity contribution >= 4 is 17.4 Å². The fourth-order valence-corrected chi connectivity index (χ4v) is 5.54. The molecule has 2 aliphatic heterocycles. The molecule has 0 saturated carbocycles. The van der Waals surface area contributed by atoms with Crippen LogP contribution in [-0.2, 0) is 12.6 Å². The molecule has 0 radical (unpaired) electrons. The first-order valence-corrected chi connectivity index (χ1v) is 11.2. The molecule has 1 saturated heterocycles.